The van der Waals surface area contributed by atoms with E-state index in [9.17, 15) is 28.2 Å². The Labute approximate surface area is 133 Å². The lowest BCUT2D eigenvalue weighted by Crippen LogP contribution is -2.54. The SMILES string of the molecule is CS(=O)(=O)OC1CN(C(=O)O)C(Cc2ccccc2)(C(=O)O)C1. The average molecular weight is 343 g/mol. The molecule has 1 aromatic rings. The number of carboxylic acid groups (broad SMARTS) is 2. The fourth-order valence-corrected chi connectivity index (χ4v) is 3.51. The molecule has 1 amide bonds. The van der Waals surface area contributed by atoms with Crippen molar-refractivity contribution in [3.05, 3.63) is 35.9 Å². The molecular formula is C14H17NO7S. The van der Waals surface area contributed by atoms with Gasteiger partial charge in [0.05, 0.1) is 18.9 Å². The highest BCUT2D eigenvalue weighted by atomic mass is 32.2. The number of hydrogen-bond donors (Lipinski definition) is 2. The number of benzene rings is 1. The van der Waals surface area contributed by atoms with E-state index in [4.69, 9.17) is 4.18 Å². The minimum absolute atomic E-state index is 0.0703. The van der Waals surface area contributed by atoms with Crippen LogP contribution in [-0.2, 0) is 25.5 Å². The van der Waals surface area contributed by atoms with Gasteiger partial charge in [-0.05, 0) is 5.56 Å². The second-order valence-corrected chi connectivity index (χ2v) is 7.12. The van der Waals surface area contributed by atoms with Crippen LogP contribution in [0.25, 0.3) is 0 Å². The number of rotatable bonds is 5. The zero-order valence-electron chi connectivity index (χ0n) is 12.4. The van der Waals surface area contributed by atoms with Gasteiger partial charge in [0.1, 0.15) is 5.54 Å². The third-order valence-corrected chi connectivity index (χ3v) is 4.37. The normalized spacial score (nSPS) is 24.6. The largest absolute Gasteiger partial charge is 0.479 e. The Hall–Kier alpha value is -2.13. The lowest BCUT2D eigenvalue weighted by atomic mass is 9.88. The lowest BCUT2D eigenvalue weighted by molar-refractivity contribution is -0.148. The summed E-state index contributed by atoms with van der Waals surface area (Å²) < 4.78 is 27.4. The van der Waals surface area contributed by atoms with E-state index in [-0.39, 0.29) is 19.4 Å². The smallest absolute Gasteiger partial charge is 0.408 e. The van der Waals surface area contributed by atoms with Crippen molar-refractivity contribution in [1.29, 1.82) is 0 Å². The Balaban J connectivity index is 2.38. The van der Waals surface area contributed by atoms with Crippen LogP contribution in [-0.4, -0.2) is 60.0 Å². The summed E-state index contributed by atoms with van der Waals surface area (Å²) in [5.74, 6) is -1.33. The number of carbonyl (C=O) groups is 2. The van der Waals surface area contributed by atoms with E-state index in [2.05, 4.69) is 0 Å². The first-order chi connectivity index (χ1) is 10.6. The zero-order valence-corrected chi connectivity index (χ0v) is 13.2. The molecule has 2 atom stereocenters. The van der Waals surface area contributed by atoms with Crippen LogP contribution in [0, 0.1) is 0 Å². The molecule has 0 bridgehead atoms. The fraction of sp³-hybridized carbons (Fsp3) is 0.429. The monoisotopic (exact) mass is 343 g/mol. The molecule has 23 heavy (non-hydrogen) atoms. The molecule has 1 aromatic carbocycles. The second-order valence-electron chi connectivity index (χ2n) is 5.52. The first kappa shape index (κ1) is 17.2. The third kappa shape index (κ3) is 3.80. The maximum absolute atomic E-state index is 11.8. The molecule has 1 aliphatic heterocycles. The molecule has 0 aliphatic carbocycles. The highest BCUT2D eigenvalue weighted by Crippen LogP contribution is 2.35. The van der Waals surface area contributed by atoms with E-state index in [1.54, 1.807) is 30.3 Å². The van der Waals surface area contributed by atoms with Crippen molar-refractivity contribution in [2.24, 2.45) is 0 Å². The summed E-state index contributed by atoms with van der Waals surface area (Å²) in [6, 6.07) is 8.58. The van der Waals surface area contributed by atoms with Crippen LogP contribution in [0.15, 0.2) is 30.3 Å². The predicted octanol–water partition coefficient (Wildman–Crippen LogP) is 0.781. The van der Waals surface area contributed by atoms with E-state index in [0.717, 1.165) is 11.2 Å². The molecule has 126 valence electrons. The summed E-state index contributed by atoms with van der Waals surface area (Å²) >= 11 is 0. The number of carboxylic acids is 1. The Kier molecular flexibility index (Phi) is 4.62. The van der Waals surface area contributed by atoms with E-state index in [0.29, 0.717) is 5.56 Å². The second kappa shape index (κ2) is 6.17. The Morgan fingerprint density at radius 2 is 1.91 bits per heavy atom. The highest BCUT2D eigenvalue weighted by Gasteiger charge is 2.55. The van der Waals surface area contributed by atoms with Gasteiger partial charge in [-0.1, -0.05) is 30.3 Å². The third-order valence-electron chi connectivity index (χ3n) is 3.75. The van der Waals surface area contributed by atoms with Crippen molar-refractivity contribution in [3.8, 4) is 0 Å². The Morgan fingerprint density at radius 3 is 2.39 bits per heavy atom. The molecule has 1 saturated heterocycles. The summed E-state index contributed by atoms with van der Waals surface area (Å²) in [5, 5.41) is 19.0. The van der Waals surface area contributed by atoms with Gasteiger partial charge in [0.2, 0.25) is 0 Å². The standard InChI is InChI=1S/C14H17NO7S/c1-23(20,21)22-11-8-14(12(16)17,15(9-11)13(18)19)7-10-5-3-2-4-6-10/h2-6,11H,7-9H2,1H3,(H,16,17)(H,18,19). The zero-order chi connectivity index (χ0) is 17.3. The minimum Gasteiger partial charge on any atom is -0.479 e. The van der Waals surface area contributed by atoms with Crippen molar-refractivity contribution < 1.29 is 32.4 Å². The van der Waals surface area contributed by atoms with E-state index < -0.39 is 33.8 Å². The highest BCUT2D eigenvalue weighted by molar-refractivity contribution is 7.86. The number of aliphatic carboxylic acids is 1. The molecule has 1 fully saturated rings. The predicted molar refractivity (Wildman–Crippen MR) is 79.6 cm³/mol. The quantitative estimate of drug-likeness (QED) is 0.758. The van der Waals surface area contributed by atoms with Crippen LogP contribution in [0.4, 0.5) is 4.79 Å². The summed E-state index contributed by atoms with van der Waals surface area (Å²) in [4.78, 5) is 24.1. The number of amides is 1. The summed E-state index contributed by atoms with van der Waals surface area (Å²) in [5.41, 5.74) is -1.12. The van der Waals surface area contributed by atoms with Crippen LogP contribution in [0.1, 0.15) is 12.0 Å². The van der Waals surface area contributed by atoms with Crippen molar-refractivity contribution >= 4 is 22.2 Å². The van der Waals surface area contributed by atoms with Crippen LogP contribution < -0.4 is 0 Å². The number of nitrogens with zero attached hydrogens (tertiary/aromatic N) is 1. The molecule has 0 radical (unpaired) electrons. The minimum atomic E-state index is -3.82. The Bertz CT molecular complexity index is 703. The van der Waals surface area contributed by atoms with Gasteiger partial charge in [-0.3, -0.25) is 9.08 Å². The molecule has 0 aromatic heterocycles. The van der Waals surface area contributed by atoms with Crippen LogP contribution in [0.2, 0.25) is 0 Å². The molecule has 1 aliphatic rings. The maximum Gasteiger partial charge on any atom is 0.408 e. The van der Waals surface area contributed by atoms with Gasteiger partial charge in [0, 0.05) is 12.8 Å². The van der Waals surface area contributed by atoms with Crippen LogP contribution >= 0.6 is 0 Å². The number of likely N-dealkylation sites (tertiary alicyclic amines) is 1. The van der Waals surface area contributed by atoms with Crippen molar-refractivity contribution in [1.82, 2.24) is 4.90 Å². The fourth-order valence-electron chi connectivity index (χ4n) is 2.88. The maximum atomic E-state index is 11.8. The van der Waals surface area contributed by atoms with Gasteiger partial charge in [-0.15, -0.1) is 0 Å². The summed E-state index contributed by atoms with van der Waals surface area (Å²) in [7, 11) is -3.82. The molecule has 2 N–H and O–H groups in total. The van der Waals surface area contributed by atoms with Crippen molar-refractivity contribution in [3.63, 3.8) is 0 Å². The van der Waals surface area contributed by atoms with E-state index >= 15 is 0 Å². The molecule has 8 nitrogen and oxygen atoms in total. The molecule has 0 spiro atoms. The molecule has 2 unspecified atom stereocenters. The van der Waals surface area contributed by atoms with Gasteiger partial charge < -0.3 is 10.2 Å². The number of hydrogen-bond acceptors (Lipinski definition) is 5. The average Bonchev–Trinajstić information content (AvgIpc) is 2.77. The first-order valence-corrected chi connectivity index (χ1v) is 8.62. The van der Waals surface area contributed by atoms with Gasteiger partial charge in [0.15, 0.2) is 0 Å². The summed E-state index contributed by atoms with van der Waals surface area (Å²) in [6.07, 6.45) is -1.92. The van der Waals surface area contributed by atoms with Gasteiger partial charge in [-0.2, -0.15) is 8.42 Å². The van der Waals surface area contributed by atoms with Gasteiger partial charge in [0.25, 0.3) is 10.1 Å². The molecular weight excluding hydrogens is 326 g/mol. The molecule has 1 heterocycles. The summed E-state index contributed by atoms with van der Waals surface area (Å²) in [6.45, 7) is -0.318. The van der Waals surface area contributed by atoms with E-state index in [1.807, 2.05) is 0 Å². The van der Waals surface area contributed by atoms with Crippen LogP contribution in [0.3, 0.4) is 0 Å². The van der Waals surface area contributed by atoms with E-state index in [1.165, 1.54) is 0 Å². The molecule has 9 heteroatoms. The van der Waals surface area contributed by atoms with Gasteiger partial charge >= 0.3 is 12.1 Å². The van der Waals surface area contributed by atoms with Gasteiger partial charge in [-0.25, -0.2) is 9.59 Å². The lowest BCUT2D eigenvalue weighted by Gasteiger charge is -2.32. The topological polar surface area (TPSA) is 121 Å². The van der Waals surface area contributed by atoms with Crippen LogP contribution in [0.5, 0.6) is 0 Å². The van der Waals surface area contributed by atoms with Crippen molar-refractivity contribution in [2.45, 2.75) is 24.5 Å². The molecule has 0 saturated carbocycles. The molecule has 2 rings (SSSR count). The Morgan fingerprint density at radius 1 is 1.30 bits per heavy atom. The first-order valence-electron chi connectivity index (χ1n) is 6.80. The van der Waals surface area contributed by atoms with Crippen molar-refractivity contribution in [2.75, 3.05) is 12.8 Å².